The minimum Gasteiger partial charge on any atom is -0.356 e. The Morgan fingerprint density at radius 3 is 2.73 bits per heavy atom. The van der Waals surface area contributed by atoms with Crippen LogP contribution in [0.3, 0.4) is 0 Å². The number of anilines is 1. The number of aryl methyl sites for hydroxylation is 2. The zero-order valence-electron chi connectivity index (χ0n) is 12.3. The molecule has 0 unspecified atom stereocenters. The van der Waals surface area contributed by atoms with E-state index in [-0.39, 0.29) is 18.0 Å². The first-order chi connectivity index (χ1) is 10.5. The monoisotopic (exact) mass is 298 g/mol. The van der Waals surface area contributed by atoms with Crippen molar-refractivity contribution in [3.63, 3.8) is 0 Å². The third-order valence-electron chi connectivity index (χ3n) is 3.64. The number of para-hydroxylation sites is 1. The molecule has 1 amide bonds. The summed E-state index contributed by atoms with van der Waals surface area (Å²) in [4.78, 5) is 12.1. The van der Waals surface area contributed by atoms with Gasteiger partial charge >= 0.3 is 0 Å². The predicted molar refractivity (Wildman–Crippen MR) is 82.2 cm³/mol. The summed E-state index contributed by atoms with van der Waals surface area (Å²) in [7, 11) is 0. The molecule has 1 N–H and O–H groups in total. The lowest BCUT2D eigenvalue weighted by atomic mass is 10.1. The van der Waals surface area contributed by atoms with Crippen LogP contribution in [-0.4, -0.2) is 11.1 Å². The molecule has 0 aliphatic carbocycles. The highest BCUT2D eigenvalue weighted by Gasteiger charge is 2.14. The lowest BCUT2D eigenvalue weighted by molar-refractivity contribution is -0.115. The van der Waals surface area contributed by atoms with E-state index in [9.17, 15) is 9.18 Å². The number of carbonyl (C=O) groups excluding carboxylic acids is 1. The fraction of sp³-hybridized carbons (Fsp3) is 0.176. The van der Waals surface area contributed by atoms with Crippen molar-refractivity contribution in [2.24, 2.45) is 0 Å². The SMILES string of the molecule is Cc1cc2onc(CC(=O)Nc3ccccc3F)c2cc1C. The number of nitrogens with one attached hydrogen (secondary N) is 1. The van der Waals surface area contributed by atoms with Gasteiger partial charge in [0.05, 0.1) is 12.1 Å². The van der Waals surface area contributed by atoms with Crippen molar-refractivity contribution >= 4 is 22.6 Å². The lowest BCUT2D eigenvalue weighted by Crippen LogP contribution is -2.15. The molecule has 0 aliphatic rings. The molecular weight excluding hydrogens is 283 g/mol. The molecule has 112 valence electrons. The van der Waals surface area contributed by atoms with Crippen molar-refractivity contribution in [3.05, 3.63) is 59.0 Å². The smallest absolute Gasteiger partial charge is 0.230 e. The van der Waals surface area contributed by atoms with Gasteiger partial charge in [-0.1, -0.05) is 17.3 Å². The number of rotatable bonds is 3. The van der Waals surface area contributed by atoms with Crippen LogP contribution in [0.5, 0.6) is 0 Å². The summed E-state index contributed by atoms with van der Waals surface area (Å²) in [6.45, 7) is 3.98. The van der Waals surface area contributed by atoms with Gasteiger partial charge in [0, 0.05) is 5.39 Å². The number of hydrogen-bond acceptors (Lipinski definition) is 3. The summed E-state index contributed by atoms with van der Waals surface area (Å²) >= 11 is 0. The molecule has 1 aromatic heterocycles. The van der Waals surface area contributed by atoms with Gasteiger partial charge in [0.25, 0.3) is 0 Å². The molecule has 0 fully saturated rings. The molecule has 0 spiro atoms. The van der Waals surface area contributed by atoms with E-state index >= 15 is 0 Å². The number of halogens is 1. The largest absolute Gasteiger partial charge is 0.356 e. The maximum Gasteiger partial charge on any atom is 0.230 e. The first kappa shape index (κ1) is 14.3. The zero-order valence-corrected chi connectivity index (χ0v) is 12.3. The number of amides is 1. The van der Waals surface area contributed by atoms with Gasteiger partial charge in [-0.05, 0) is 49.2 Å². The minimum atomic E-state index is -0.465. The number of fused-ring (bicyclic) bond motifs is 1. The van der Waals surface area contributed by atoms with E-state index in [1.165, 1.54) is 12.1 Å². The second-order valence-corrected chi connectivity index (χ2v) is 5.27. The van der Waals surface area contributed by atoms with Gasteiger partial charge in [-0.3, -0.25) is 4.79 Å². The van der Waals surface area contributed by atoms with Crippen LogP contribution in [0.25, 0.3) is 11.0 Å². The van der Waals surface area contributed by atoms with Crippen molar-refractivity contribution in [1.82, 2.24) is 5.16 Å². The minimum absolute atomic E-state index is 0.0316. The Morgan fingerprint density at radius 1 is 1.23 bits per heavy atom. The van der Waals surface area contributed by atoms with E-state index in [0.29, 0.717) is 11.3 Å². The summed E-state index contributed by atoms with van der Waals surface area (Å²) in [6, 6.07) is 9.90. The van der Waals surface area contributed by atoms with Crippen LogP contribution in [0.4, 0.5) is 10.1 Å². The second kappa shape index (κ2) is 5.60. The van der Waals surface area contributed by atoms with E-state index in [2.05, 4.69) is 10.5 Å². The molecule has 0 saturated carbocycles. The van der Waals surface area contributed by atoms with Crippen LogP contribution >= 0.6 is 0 Å². The quantitative estimate of drug-likeness (QED) is 0.801. The highest BCUT2D eigenvalue weighted by molar-refractivity contribution is 5.94. The summed E-state index contributed by atoms with van der Waals surface area (Å²) in [5.41, 5.74) is 3.56. The summed E-state index contributed by atoms with van der Waals surface area (Å²) in [6.07, 6.45) is 0.0316. The molecule has 0 radical (unpaired) electrons. The van der Waals surface area contributed by atoms with Crippen molar-refractivity contribution in [1.29, 1.82) is 0 Å². The molecule has 4 nitrogen and oxygen atoms in total. The molecule has 2 aromatic carbocycles. The van der Waals surface area contributed by atoms with E-state index in [1.807, 2.05) is 26.0 Å². The number of aromatic nitrogens is 1. The highest BCUT2D eigenvalue weighted by Crippen LogP contribution is 2.23. The summed E-state index contributed by atoms with van der Waals surface area (Å²) in [5.74, 6) is -0.800. The molecule has 3 aromatic rings. The fourth-order valence-electron chi connectivity index (χ4n) is 2.28. The average molecular weight is 298 g/mol. The van der Waals surface area contributed by atoms with Gasteiger partial charge in [-0.25, -0.2) is 4.39 Å². The van der Waals surface area contributed by atoms with Gasteiger partial charge in [0.1, 0.15) is 11.5 Å². The summed E-state index contributed by atoms with van der Waals surface area (Å²) in [5, 5.41) is 7.31. The molecular formula is C17H15FN2O2. The summed E-state index contributed by atoms with van der Waals surface area (Å²) < 4.78 is 18.8. The Labute approximate surface area is 126 Å². The zero-order chi connectivity index (χ0) is 15.7. The van der Waals surface area contributed by atoms with Crippen LogP contribution < -0.4 is 5.32 Å². The molecule has 0 bridgehead atoms. The third-order valence-corrected chi connectivity index (χ3v) is 3.64. The molecule has 1 heterocycles. The maximum absolute atomic E-state index is 13.5. The Kier molecular flexibility index (Phi) is 3.63. The van der Waals surface area contributed by atoms with Crippen LogP contribution in [0, 0.1) is 19.7 Å². The van der Waals surface area contributed by atoms with Crippen molar-refractivity contribution in [2.75, 3.05) is 5.32 Å². The number of nitrogens with zero attached hydrogens (tertiary/aromatic N) is 1. The van der Waals surface area contributed by atoms with E-state index in [4.69, 9.17) is 4.52 Å². The van der Waals surface area contributed by atoms with E-state index in [1.54, 1.807) is 12.1 Å². The van der Waals surface area contributed by atoms with Gasteiger partial charge in [-0.2, -0.15) is 0 Å². The maximum atomic E-state index is 13.5. The van der Waals surface area contributed by atoms with Gasteiger partial charge < -0.3 is 9.84 Å². The molecule has 5 heteroatoms. The van der Waals surface area contributed by atoms with Crippen LogP contribution in [0.15, 0.2) is 40.9 Å². The Balaban J connectivity index is 1.83. The van der Waals surface area contributed by atoms with Crippen LogP contribution in [-0.2, 0) is 11.2 Å². The molecule has 0 saturated heterocycles. The van der Waals surface area contributed by atoms with Crippen molar-refractivity contribution in [3.8, 4) is 0 Å². The van der Waals surface area contributed by atoms with Crippen LogP contribution in [0.2, 0.25) is 0 Å². The molecule has 0 aliphatic heterocycles. The van der Waals surface area contributed by atoms with E-state index < -0.39 is 5.82 Å². The average Bonchev–Trinajstić information content (AvgIpc) is 2.84. The molecule has 3 rings (SSSR count). The van der Waals surface area contributed by atoms with E-state index in [0.717, 1.165) is 16.5 Å². The lowest BCUT2D eigenvalue weighted by Gasteiger charge is -2.05. The Morgan fingerprint density at radius 2 is 1.95 bits per heavy atom. The number of hydrogen-bond donors (Lipinski definition) is 1. The standard InChI is InChI=1S/C17H15FN2O2/c1-10-7-12-15(20-22-16(12)8-11(10)2)9-17(21)19-14-6-4-3-5-13(14)18/h3-8H,9H2,1-2H3,(H,19,21). The normalized spacial score (nSPS) is 10.9. The Hall–Kier alpha value is -2.69. The number of carbonyl (C=O) groups is 1. The topological polar surface area (TPSA) is 55.1 Å². The molecule has 0 atom stereocenters. The molecule has 22 heavy (non-hydrogen) atoms. The van der Waals surface area contributed by atoms with Gasteiger partial charge in [0.15, 0.2) is 5.58 Å². The highest BCUT2D eigenvalue weighted by atomic mass is 19.1. The van der Waals surface area contributed by atoms with Crippen molar-refractivity contribution < 1.29 is 13.7 Å². The van der Waals surface area contributed by atoms with Gasteiger partial charge in [-0.15, -0.1) is 0 Å². The van der Waals surface area contributed by atoms with Gasteiger partial charge in [0.2, 0.25) is 5.91 Å². The van der Waals surface area contributed by atoms with Crippen molar-refractivity contribution in [2.45, 2.75) is 20.3 Å². The fourth-order valence-corrected chi connectivity index (χ4v) is 2.28. The first-order valence-corrected chi connectivity index (χ1v) is 6.94. The second-order valence-electron chi connectivity index (χ2n) is 5.27. The Bertz CT molecular complexity index is 855. The predicted octanol–water partition coefficient (Wildman–Crippen LogP) is 3.76. The van der Waals surface area contributed by atoms with Crippen LogP contribution in [0.1, 0.15) is 16.8 Å². The first-order valence-electron chi connectivity index (χ1n) is 6.94. The number of benzene rings is 2. The third kappa shape index (κ3) is 2.70.